The van der Waals surface area contributed by atoms with Gasteiger partial charge in [-0.25, -0.2) is 9.78 Å². The Morgan fingerprint density at radius 3 is 2.75 bits per heavy atom. The molecule has 0 spiro atoms. The molecular weight excluding hydrogens is 460 g/mol. The number of hydrogen-bond donors (Lipinski definition) is 1. The molecule has 2 atom stereocenters. The lowest BCUT2D eigenvalue weighted by molar-refractivity contribution is 0.155. The number of para-hydroxylation sites is 1. The number of pyridine rings is 2. The predicted molar refractivity (Wildman–Crippen MR) is 136 cm³/mol. The summed E-state index contributed by atoms with van der Waals surface area (Å²) in [7, 11) is 1.71. The number of piperazine rings is 1. The highest BCUT2D eigenvalue weighted by Crippen LogP contribution is 2.37. The lowest BCUT2D eigenvalue weighted by Gasteiger charge is -2.45. The first-order chi connectivity index (χ1) is 17.3. The summed E-state index contributed by atoms with van der Waals surface area (Å²) in [6, 6.07) is 12.9. The molecule has 1 aromatic carbocycles. The fraction of sp³-hybridized carbons (Fsp3) is 0.385. The first-order valence-corrected chi connectivity index (χ1v) is 11.9. The van der Waals surface area contributed by atoms with Gasteiger partial charge in [0.25, 0.3) is 5.56 Å². The van der Waals surface area contributed by atoms with Crippen LogP contribution in [0.1, 0.15) is 25.1 Å². The van der Waals surface area contributed by atoms with E-state index in [2.05, 4.69) is 34.7 Å². The number of anilines is 2. The molecule has 1 N–H and O–H groups in total. The van der Waals surface area contributed by atoms with Crippen molar-refractivity contribution in [3.63, 3.8) is 0 Å². The quantitative estimate of drug-likeness (QED) is 0.599. The molecule has 2 aliphatic heterocycles. The van der Waals surface area contributed by atoms with Crippen molar-refractivity contribution in [1.82, 2.24) is 14.5 Å². The standard InChI is InChI=1S/C26H28N6O4/c1-16-14-32(22-11-23(33)29(3)20-8-7-19(12-27)28-24(20)22)17(2)13-30(16)15-18-5-4-6-21-25(18)36-10-9-31(21)26(34)35/h4-8,11,16-17H,9-10,13-15H2,1-3H3,(H,34,35)/t16-,17+/m1/s1. The molecule has 10 nitrogen and oxygen atoms in total. The summed E-state index contributed by atoms with van der Waals surface area (Å²) in [5.74, 6) is 0.624. The van der Waals surface area contributed by atoms with Crippen LogP contribution in [0.4, 0.5) is 16.2 Å². The van der Waals surface area contributed by atoms with Crippen LogP contribution in [0, 0.1) is 11.3 Å². The first kappa shape index (κ1) is 23.6. The molecule has 4 heterocycles. The normalized spacial score (nSPS) is 20.1. The van der Waals surface area contributed by atoms with E-state index in [4.69, 9.17) is 4.74 Å². The first-order valence-electron chi connectivity index (χ1n) is 11.9. The zero-order chi connectivity index (χ0) is 25.6. The van der Waals surface area contributed by atoms with Gasteiger partial charge >= 0.3 is 6.09 Å². The number of benzene rings is 1. The van der Waals surface area contributed by atoms with Crippen molar-refractivity contribution in [2.24, 2.45) is 7.05 Å². The van der Waals surface area contributed by atoms with Gasteiger partial charge < -0.3 is 19.3 Å². The highest BCUT2D eigenvalue weighted by molar-refractivity contribution is 5.90. The third-order valence-electron chi connectivity index (χ3n) is 7.14. The summed E-state index contributed by atoms with van der Waals surface area (Å²) in [5.41, 5.74) is 3.79. The van der Waals surface area contributed by atoms with E-state index in [1.54, 1.807) is 35.9 Å². The number of aromatic nitrogens is 2. The number of fused-ring (bicyclic) bond motifs is 2. The van der Waals surface area contributed by atoms with Crippen LogP contribution in [0.2, 0.25) is 0 Å². The number of carboxylic acid groups (broad SMARTS) is 1. The highest BCUT2D eigenvalue weighted by atomic mass is 16.5. The van der Waals surface area contributed by atoms with Gasteiger partial charge in [-0.15, -0.1) is 0 Å². The van der Waals surface area contributed by atoms with E-state index in [-0.39, 0.29) is 17.6 Å². The molecule has 0 bridgehead atoms. The number of nitrogens with zero attached hydrogens (tertiary/aromatic N) is 6. The lowest BCUT2D eigenvalue weighted by atomic mass is 10.0. The smallest absolute Gasteiger partial charge is 0.412 e. The van der Waals surface area contributed by atoms with Gasteiger partial charge in [-0.2, -0.15) is 5.26 Å². The Hall–Kier alpha value is -4.10. The summed E-state index contributed by atoms with van der Waals surface area (Å²) in [5, 5.41) is 18.9. The van der Waals surface area contributed by atoms with Gasteiger partial charge in [0.2, 0.25) is 0 Å². The van der Waals surface area contributed by atoms with E-state index < -0.39 is 6.09 Å². The Labute approximate surface area is 208 Å². The average molecular weight is 489 g/mol. The molecule has 2 aliphatic rings. The van der Waals surface area contributed by atoms with Gasteiger partial charge in [-0.1, -0.05) is 12.1 Å². The largest absolute Gasteiger partial charge is 0.489 e. The minimum Gasteiger partial charge on any atom is -0.489 e. The van der Waals surface area contributed by atoms with Gasteiger partial charge in [0.1, 0.15) is 29.6 Å². The van der Waals surface area contributed by atoms with Crippen LogP contribution >= 0.6 is 0 Å². The second kappa shape index (κ2) is 9.17. The van der Waals surface area contributed by atoms with E-state index in [9.17, 15) is 20.0 Å². The Bertz CT molecular complexity index is 1440. The van der Waals surface area contributed by atoms with Crippen LogP contribution in [0.5, 0.6) is 5.75 Å². The third kappa shape index (κ3) is 4.01. The minimum absolute atomic E-state index is 0.0695. The molecule has 0 unspecified atom stereocenters. The monoisotopic (exact) mass is 488 g/mol. The van der Waals surface area contributed by atoms with Gasteiger partial charge in [-0.05, 0) is 32.0 Å². The van der Waals surface area contributed by atoms with Crippen molar-refractivity contribution >= 4 is 28.5 Å². The molecule has 186 valence electrons. The maximum absolute atomic E-state index is 12.7. The molecule has 0 saturated carbocycles. The number of carbonyl (C=O) groups is 1. The van der Waals surface area contributed by atoms with Crippen molar-refractivity contribution < 1.29 is 14.6 Å². The van der Waals surface area contributed by atoms with Gasteiger partial charge in [0.15, 0.2) is 0 Å². The number of amides is 1. The Balaban J connectivity index is 1.44. The van der Waals surface area contributed by atoms with Gasteiger partial charge in [0.05, 0.1) is 23.4 Å². The number of rotatable bonds is 3. The highest BCUT2D eigenvalue weighted by Gasteiger charge is 2.32. The number of hydrogen-bond acceptors (Lipinski definition) is 7. The molecule has 5 rings (SSSR count). The van der Waals surface area contributed by atoms with Crippen molar-refractivity contribution in [3.8, 4) is 11.8 Å². The van der Waals surface area contributed by atoms with Crippen LogP contribution in [0.25, 0.3) is 11.0 Å². The summed E-state index contributed by atoms with van der Waals surface area (Å²) < 4.78 is 7.46. The number of ether oxygens (including phenoxy) is 1. The number of aryl methyl sites for hydroxylation is 1. The third-order valence-corrected chi connectivity index (χ3v) is 7.14. The lowest BCUT2D eigenvalue weighted by Crippen LogP contribution is -2.56. The van der Waals surface area contributed by atoms with Crippen LogP contribution in [-0.4, -0.2) is 64.0 Å². The van der Waals surface area contributed by atoms with Crippen molar-refractivity contribution in [1.29, 1.82) is 5.26 Å². The van der Waals surface area contributed by atoms with Crippen LogP contribution in [-0.2, 0) is 13.6 Å². The van der Waals surface area contributed by atoms with Crippen molar-refractivity contribution in [2.45, 2.75) is 32.5 Å². The molecule has 0 radical (unpaired) electrons. The van der Waals surface area contributed by atoms with Crippen LogP contribution < -0.4 is 20.1 Å². The molecule has 3 aromatic rings. The molecule has 1 saturated heterocycles. The van der Waals surface area contributed by atoms with Gasteiger partial charge in [-0.3, -0.25) is 14.6 Å². The minimum atomic E-state index is -0.985. The maximum Gasteiger partial charge on any atom is 0.412 e. The Kier molecular flexibility index (Phi) is 6.02. The predicted octanol–water partition coefficient (Wildman–Crippen LogP) is 2.78. The van der Waals surface area contributed by atoms with Gasteiger partial charge in [0, 0.05) is 50.4 Å². The summed E-state index contributed by atoms with van der Waals surface area (Å²) >= 11 is 0. The van der Waals surface area contributed by atoms with Crippen LogP contribution in [0.3, 0.4) is 0 Å². The van der Waals surface area contributed by atoms with Crippen LogP contribution in [0.15, 0.2) is 41.2 Å². The summed E-state index contributed by atoms with van der Waals surface area (Å²) in [4.78, 5) is 34.8. The maximum atomic E-state index is 12.7. The van der Waals surface area contributed by atoms with E-state index in [1.807, 2.05) is 12.1 Å². The molecule has 1 amide bonds. The topological polar surface area (TPSA) is 115 Å². The van der Waals surface area contributed by atoms with E-state index in [1.165, 1.54) is 4.90 Å². The molecule has 0 aliphatic carbocycles. The average Bonchev–Trinajstić information content (AvgIpc) is 2.87. The molecule has 10 heteroatoms. The molecule has 36 heavy (non-hydrogen) atoms. The fourth-order valence-electron chi connectivity index (χ4n) is 5.20. The second-order valence-electron chi connectivity index (χ2n) is 9.43. The Morgan fingerprint density at radius 2 is 2.00 bits per heavy atom. The van der Waals surface area contributed by atoms with E-state index >= 15 is 0 Å². The number of nitriles is 1. The zero-order valence-electron chi connectivity index (χ0n) is 20.5. The SMILES string of the molecule is C[C@@H]1CN(c2cc(=O)n(C)c3ccc(C#N)nc23)[C@@H](C)CN1Cc1cccc2c1OCCN2C(=O)O. The van der Waals surface area contributed by atoms with E-state index in [0.717, 1.165) is 17.8 Å². The second-order valence-corrected chi connectivity index (χ2v) is 9.43. The summed E-state index contributed by atoms with van der Waals surface area (Å²) in [6.45, 7) is 6.88. The van der Waals surface area contributed by atoms with E-state index in [0.29, 0.717) is 54.4 Å². The van der Waals surface area contributed by atoms with Crippen molar-refractivity contribution in [3.05, 3.63) is 58.0 Å². The van der Waals surface area contributed by atoms with Crippen molar-refractivity contribution in [2.75, 3.05) is 36.0 Å². The summed E-state index contributed by atoms with van der Waals surface area (Å²) in [6.07, 6.45) is -0.985. The fourth-order valence-corrected chi connectivity index (χ4v) is 5.20. The molecule has 2 aromatic heterocycles. The zero-order valence-corrected chi connectivity index (χ0v) is 20.5. The molecular formula is C26H28N6O4. The Morgan fingerprint density at radius 1 is 1.19 bits per heavy atom. The molecule has 1 fully saturated rings.